The fourth-order valence-electron chi connectivity index (χ4n) is 1.01. The summed E-state index contributed by atoms with van der Waals surface area (Å²) in [5, 5.41) is 0. The summed E-state index contributed by atoms with van der Waals surface area (Å²) in [4.78, 5) is 12.7. The van der Waals surface area contributed by atoms with E-state index >= 15 is 0 Å². The lowest BCUT2D eigenvalue weighted by Crippen LogP contribution is -2.31. The SMILES string of the molecule is CN1CCCC(=O)C1.Cl.O. The molecule has 1 saturated heterocycles. The first-order valence-corrected chi connectivity index (χ1v) is 2.99. The molecule has 1 aliphatic heterocycles. The Morgan fingerprint density at radius 2 is 2.10 bits per heavy atom. The Balaban J connectivity index is 0. The zero-order valence-corrected chi connectivity index (χ0v) is 6.91. The number of likely N-dealkylation sites (N-methyl/N-ethyl adjacent to an activating group) is 1. The quantitative estimate of drug-likeness (QED) is 0.505. The Labute approximate surface area is 67.1 Å². The molecule has 0 aromatic heterocycles. The zero-order valence-electron chi connectivity index (χ0n) is 6.09. The summed E-state index contributed by atoms with van der Waals surface area (Å²) < 4.78 is 0. The van der Waals surface area contributed by atoms with E-state index in [4.69, 9.17) is 0 Å². The topological polar surface area (TPSA) is 51.8 Å². The number of piperidine rings is 1. The molecular formula is C6H14ClNO2. The van der Waals surface area contributed by atoms with Crippen molar-refractivity contribution in [2.45, 2.75) is 12.8 Å². The molecule has 2 N–H and O–H groups in total. The summed E-state index contributed by atoms with van der Waals surface area (Å²) in [7, 11) is 1.98. The maximum absolute atomic E-state index is 10.6. The van der Waals surface area contributed by atoms with E-state index < -0.39 is 0 Å². The van der Waals surface area contributed by atoms with E-state index in [0.29, 0.717) is 12.3 Å². The first kappa shape index (κ1) is 12.5. The van der Waals surface area contributed by atoms with Crippen LogP contribution < -0.4 is 0 Å². The van der Waals surface area contributed by atoms with Crippen LogP contribution in [0.1, 0.15) is 12.8 Å². The average molecular weight is 168 g/mol. The summed E-state index contributed by atoms with van der Waals surface area (Å²) in [5.41, 5.74) is 0. The number of ketones is 1. The van der Waals surface area contributed by atoms with Crippen molar-refractivity contribution in [3.8, 4) is 0 Å². The van der Waals surface area contributed by atoms with Gasteiger partial charge in [0.2, 0.25) is 0 Å². The van der Waals surface area contributed by atoms with E-state index in [1.807, 2.05) is 7.05 Å². The lowest BCUT2D eigenvalue weighted by Gasteiger charge is -2.19. The van der Waals surface area contributed by atoms with Gasteiger partial charge in [0, 0.05) is 6.42 Å². The first-order chi connectivity index (χ1) is 3.79. The van der Waals surface area contributed by atoms with E-state index in [1.165, 1.54) is 0 Å². The van der Waals surface area contributed by atoms with Crippen molar-refractivity contribution in [1.82, 2.24) is 4.90 Å². The second-order valence-electron chi connectivity index (χ2n) is 2.38. The van der Waals surface area contributed by atoms with Gasteiger partial charge in [0.1, 0.15) is 5.78 Å². The minimum atomic E-state index is 0. The normalized spacial score (nSPS) is 19.1. The Hall–Kier alpha value is -0.120. The van der Waals surface area contributed by atoms with Gasteiger partial charge in [0.25, 0.3) is 0 Å². The minimum absolute atomic E-state index is 0. The maximum atomic E-state index is 10.6. The highest BCUT2D eigenvalue weighted by Gasteiger charge is 2.11. The molecule has 0 bridgehead atoms. The molecule has 0 aromatic rings. The molecule has 1 heterocycles. The molecule has 0 radical (unpaired) electrons. The largest absolute Gasteiger partial charge is 0.412 e. The van der Waals surface area contributed by atoms with E-state index in [2.05, 4.69) is 4.90 Å². The fourth-order valence-corrected chi connectivity index (χ4v) is 1.01. The minimum Gasteiger partial charge on any atom is -0.412 e. The number of hydrogen-bond acceptors (Lipinski definition) is 2. The van der Waals surface area contributed by atoms with Gasteiger partial charge in [-0.1, -0.05) is 0 Å². The third-order valence-corrected chi connectivity index (χ3v) is 1.44. The number of likely N-dealkylation sites (tertiary alicyclic amines) is 1. The van der Waals surface area contributed by atoms with Crippen molar-refractivity contribution in [2.75, 3.05) is 20.1 Å². The standard InChI is InChI=1S/C6H11NO.ClH.H2O/c1-7-4-2-3-6(8)5-7;;/h2-5H2,1H3;1H;1H2. The predicted octanol–water partition coefficient (Wildman–Crippen LogP) is -0.122. The van der Waals surface area contributed by atoms with Crippen LogP contribution in [0.15, 0.2) is 0 Å². The molecule has 0 aromatic carbocycles. The van der Waals surface area contributed by atoms with Crippen molar-refractivity contribution in [2.24, 2.45) is 0 Å². The van der Waals surface area contributed by atoms with Crippen LogP contribution in [0.4, 0.5) is 0 Å². The second kappa shape index (κ2) is 5.65. The van der Waals surface area contributed by atoms with Gasteiger partial charge in [0.15, 0.2) is 0 Å². The molecule has 0 spiro atoms. The van der Waals surface area contributed by atoms with Crippen LogP contribution in [0.25, 0.3) is 0 Å². The molecule has 0 saturated carbocycles. The van der Waals surface area contributed by atoms with Crippen LogP contribution >= 0.6 is 12.4 Å². The monoisotopic (exact) mass is 167 g/mol. The highest BCUT2D eigenvalue weighted by Crippen LogP contribution is 2.01. The van der Waals surface area contributed by atoms with Gasteiger partial charge in [-0.15, -0.1) is 12.4 Å². The molecule has 1 aliphatic rings. The Morgan fingerprint density at radius 3 is 2.40 bits per heavy atom. The van der Waals surface area contributed by atoms with E-state index in [9.17, 15) is 4.79 Å². The van der Waals surface area contributed by atoms with Crippen LogP contribution in [0, 0.1) is 0 Å². The van der Waals surface area contributed by atoms with Gasteiger partial charge in [-0.05, 0) is 20.0 Å². The first-order valence-electron chi connectivity index (χ1n) is 2.99. The summed E-state index contributed by atoms with van der Waals surface area (Å²) >= 11 is 0. The summed E-state index contributed by atoms with van der Waals surface area (Å²) in [6, 6.07) is 0. The lowest BCUT2D eigenvalue weighted by molar-refractivity contribution is -0.121. The molecule has 4 heteroatoms. The molecule has 0 aliphatic carbocycles. The van der Waals surface area contributed by atoms with Crippen LogP contribution in [-0.4, -0.2) is 36.3 Å². The third kappa shape index (κ3) is 3.82. The average Bonchev–Trinajstić information content (AvgIpc) is 1.64. The third-order valence-electron chi connectivity index (χ3n) is 1.44. The molecule has 0 atom stereocenters. The van der Waals surface area contributed by atoms with Crippen LogP contribution in [0.2, 0.25) is 0 Å². The number of halogens is 1. The number of carbonyl (C=O) groups is 1. The second-order valence-corrected chi connectivity index (χ2v) is 2.38. The van der Waals surface area contributed by atoms with Crippen molar-refractivity contribution in [3.63, 3.8) is 0 Å². The van der Waals surface area contributed by atoms with E-state index in [-0.39, 0.29) is 17.9 Å². The Bertz CT molecular complexity index is 108. The van der Waals surface area contributed by atoms with Gasteiger partial charge in [-0.2, -0.15) is 0 Å². The molecule has 62 valence electrons. The molecule has 0 amide bonds. The number of nitrogens with zero attached hydrogens (tertiary/aromatic N) is 1. The molecule has 0 unspecified atom stereocenters. The number of hydrogen-bond donors (Lipinski definition) is 0. The highest BCUT2D eigenvalue weighted by molar-refractivity contribution is 5.85. The molecule has 10 heavy (non-hydrogen) atoms. The van der Waals surface area contributed by atoms with E-state index in [0.717, 1.165) is 19.4 Å². The predicted molar refractivity (Wildman–Crippen MR) is 42.6 cm³/mol. The zero-order chi connectivity index (χ0) is 5.98. The van der Waals surface area contributed by atoms with Crippen LogP contribution in [0.3, 0.4) is 0 Å². The summed E-state index contributed by atoms with van der Waals surface area (Å²) in [6.07, 6.45) is 1.85. The fraction of sp³-hybridized carbons (Fsp3) is 0.833. The van der Waals surface area contributed by atoms with Crippen molar-refractivity contribution >= 4 is 18.2 Å². The van der Waals surface area contributed by atoms with Gasteiger partial charge >= 0.3 is 0 Å². The molecule has 1 rings (SSSR count). The molecule has 3 nitrogen and oxygen atoms in total. The van der Waals surface area contributed by atoms with Crippen LogP contribution in [0.5, 0.6) is 0 Å². The Morgan fingerprint density at radius 1 is 1.50 bits per heavy atom. The maximum Gasteiger partial charge on any atom is 0.146 e. The van der Waals surface area contributed by atoms with Gasteiger partial charge in [-0.25, -0.2) is 0 Å². The lowest BCUT2D eigenvalue weighted by atomic mass is 10.1. The van der Waals surface area contributed by atoms with Gasteiger partial charge in [0.05, 0.1) is 6.54 Å². The van der Waals surface area contributed by atoms with Crippen molar-refractivity contribution in [1.29, 1.82) is 0 Å². The molecule has 1 fully saturated rings. The van der Waals surface area contributed by atoms with E-state index in [1.54, 1.807) is 0 Å². The number of Topliss-reactive ketones (excluding diaryl/α,β-unsaturated/α-hetero) is 1. The Kier molecular flexibility index (Phi) is 7.09. The molecular weight excluding hydrogens is 154 g/mol. The van der Waals surface area contributed by atoms with Gasteiger partial charge in [-0.3, -0.25) is 9.69 Å². The van der Waals surface area contributed by atoms with Crippen molar-refractivity contribution < 1.29 is 10.3 Å². The van der Waals surface area contributed by atoms with Gasteiger partial charge < -0.3 is 5.48 Å². The highest BCUT2D eigenvalue weighted by atomic mass is 35.5. The smallest absolute Gasteiger partial charge is 0.146 e. The van der Waals surface area contributed by atoms with Crippen molar-refractivity contribution in [3.05, 3.63) is 0 Å². The van der Waals surface area contributed by atoms with Crippen LogP contribution in [-0.2, 0) is 4.79 Å². The number of carbonyl (C=O) groups excluding carboxylic acids is 1. The summed E-state index contributed by atoms with van der Waals surface area (Å²) in [6.45, 7) is 1.76. The number of rotatable bonds is 0. The summed E-state index contributed by atoms with van der Waals surface area (Å²) in [5.74, 6) is 0.388.